The summed E-state index contributed by atoms with van der Waals surface area (Å²) in [4.78, 5) is 2.46. The highest BCUT2D eigenvalue weighted by atomic mass is 32.2. The first-order valence-electron chi connectivity index (χ1n) is 7.96. The minimum Gasteiger partial charge on any atom is -0.370 e. The maximum Gasteiger partial charge on any atom is 0.0991 e. The maximum absolute atomic E-state index is 8.80. The minimum atomic E-state index is 0.709. The molecule has 118 valence electrons. The van der Waals surface area contributed by atoms with E-state index in [1.165, 1.54) is 28.3 Å². The molecule has 0 bridgehead atoms. The Kier molecular flexibility index (Phi) is 5.57. The van der Waals surface area contributed by atoms with Crippen LogP contribution in [-0.4, -0.2) is 24.6 Å². The number of nitrogens with one attached hydrogen (secondary N) is 1. The topological polar surface area (TPSA) is 39.1 Å². The van der Waals surface area contributed by atoms with Gasteiger partial charge < -0.3 is 10.2 Å². The van der Waals surface area contributed by atoms with Crippen molar-refractivity contribution in [3.63, 3.8) is 0 Å². The van der Waals surface area contributed by atoms with Crippen LogP contribution in [0.25, 0.3) is 0 Å². The van der Waals surface area contributed by atoms with Gasteiger partial charge in [0.25, 0.3) is 0 Å². The summed E-state index contributed by atoms with van der Waals surface area (Å²) in [6, 6.07) is 18.8. The van der Waals surface area contributed by atoms with Crippen LogP contribution in [0, 0.1) is 11.3 Å². The molecule has 3 nitrogen and oxygen atoms in total. The van der Waals surface area contributed by atoms with Gasteiger partial charge in [0.2, 0.25) is 0 Å². The molecule has 0 saturated carbocycles. The monoisotopic (exact) mass is 323 g/mol. The number of nitriles is 1. The Hall–Kier alpha value is -1.96. The standard InChI is InChI=1S/C19H21N3S/c20-13-16-1-3-17(4-2-16)14-21-15-18-5-7-19(8-6-18)22-9-11-23-12-10-22/h1-8,21H,9-12,14-15H2. The predicted molar refractivity (Wildman–Crippen MR) is 97.7 cm³/mol. The van der Waals surface area contributed by atoms with Gasteiger partial charge in [0.05, 0.1) is 11.6 Å². The number of thioether (sulfide) groups is 1. The average molecular weight is 323 g/mol. The Bertz CT molecular complexity index is 653. The van der Waals surface area contributed by atoms with E-state index in [9.17, 15) is 0 Å². The van der Waals surface area contributed by atoms with Crippen LogP contribution in [0.2, 0.25) is 0 Å². The van der Waals surface area contributed by atoms with Gasteiger partial charge in [0.15, 0.2) is 0 Å². The van der Waals surface area contributed by atoms with E-state index in [2.05, 4.69) is 40.6 Å². The van der Waals surface area contributed by atoms with Crippen LogP contribution in [0.5, 0.6) is 0 Å². The van der Waals surface area contributed by atoms with Crippen molar-refractivity contribution in [1.82, 2.24) is 5.32 Å². The summed E-state index contributed by atoms with van der Waals surface area (Å²) >= 11 is 2.04. The van der Waals surface area contributed by atoms with Crippen molar-refractivity contribution >= 4 is 17.4 Å². The van der Waals surface area contributed by atoms with Crippen molar-refractivity contribution in [2.24, 2.45) is 0 Å². The van der Waals surface area contributed by atoms with Crippen LogP contribution >= 0.6 is 11.8 Å². The Labute approximate surface area is 142 Å². The van der Waals surface area contributed by atoms with E-state index in [4.69, 9.17) is 5.26 Å². The summed E-state index contributed by atoms with van der Waals surface area (Å²) < 4.78 is 0. The van der Waals surface area contributed by atoms with Crippen molar-refractivity contribution in [2.75, 3.05) is 29.5 Å². The zero-order chi connectivity index (χ0) is 15.9. The third-order valence-corrected chi connectivity index (χ3v) is 5.00. The van der Waals surface area contributed by atoms with Gasteiger partial charge in [0.1, 0.15) is 0 Å². The maximum atomic E-state index is 8.80. The molecule has 1 N–H and O–H groups in total. The zero-order valence-electron chi connectivity index (χ0n) is 13.2. The van der Waals surface area contributed by atoms with E-state index in [1.54, 1.807) is 0 Å². The van der Waals surface area contributed by atoms with Gasteiger partial charge in [0, 0.05) is 43.4 Å². The molecule has 2 aromatic rings. The molecule has 0 spiro atoms. The lowest BCUT2D eigenvalue weighted by molar-refractivity contribution is 0.693. The molecule has 1 heterocycles. The highest BCUT2D eigenvalue weighted by Crippen LogP contribution is 2.19. The van der Waals surface area contributed by atoms with Crippen LogP contribution in [0.3, 0.4) is 0 Å². The second-order valence-corrected chi connectivity index (χ2v) is 6.90. The second kappa shape index (κ2) is 8.05. The van der Waals surface area contributed by atoms with Gasteiger partial charge in [-0.15, -0.1) is 0 Å². The number of hydrogen-bond acceptors (Lipinski definition) is 4. The fraction of sp³-hybridized carbons (Fsp3) is 0.316. The first kappa shape index (κ1) is 15.9. The van der Waals surface area contributed by atoms with E-state index in [-0.39, 0.29) is 0 Å². The molecule has 4 heteroatoms. The Morgan fingerprint density at radius 1 is 0.913 bits per heavy atom. The van der Waals surface area contributed by atoms with E-state index in [0.717, 1.165) is 26.2 Å². The summed E-state index contributed by atoms with van der Waals surface area (Å²) in [7, 11) is 0. The molecule has 1 saturated heterocycles. The minimum absolute atomic E-state index is 0.709. The Morgan fingerprint density at radius 2 is 1.48 bits per heavy atom. The molecule has 0 amide bonds. The highest BCUT2D eigenvalue weighted by molar-refractivity contribution is 7.99. The molecule has 23 heavy (non-hydrogen) atoms. The number of benzene rings is 2. The lowest BCUT2D eigenvalue weighted by Crippen LogP contribution is -2.32. The predicted octanol–water partition coefficient (Wildman–Crippen LogP) is 3.40. The van der Waals surface area contributed by atoms with Crippen LogP contribution in [0.1, 0.15) is 16.7 Å². The molecule has 0 aromatic heterocycles. The molecule has 0 unspecified atom stereocenters. The van der Waals surface area contributed by atoms with Crippen LogP contribution in [-0.2, 0) is 13.1 Å². The van der Waals surface area contributed by atoms with Crippen molar-refractivity contribution in [1.29, 1.82) is 5.26 Å². The third kappa shape index (κ3) is 4.51. The van der Waals surface area contributed by atoms with Crippen molar-refractivity contribution in [3.8, 4) is 6.07 Å². The third-order valence-electron chi connectivity index (χ3n) is 4.05. The average Bonchev–Trinajstić information content (AvgIpc) is 2.64. The molecule has 2 aromatic carbocycles. The smallest absolute Gasteiger partial charge is 0.0991 e. The Balaban J connectivity index is 1.49. The lowest BCUT2D eigenvalue weighted by atomic mass is 10.1. The number of anilines is 1. The van der Waals surface area contributed by atoms with Gasteiger partial charge in [-0.05, 0) is 35.4 Å². The van der Waals surface area contributed by atoms with Crippen LogP contribution < -0.4 is 10.2 Å². The second-order valence-electron chi connectivity index (χ2n) is 5.68. The number of nitrogens with zero attached hydrogens (tertiary/aromatic N) is 2. The molecule has 3 rings (SSSR count). The normalized spacial score (nSPS) is 14.5. The molecule has 1 fully saturated rings. The van der Waals surface area contributed by atoms with Crippen molar-refractivity contribution in [2.45, 2.75) is 13.1 Å². The van der Waals surface area contributed by atoms with E-state index in [0.29, 0.717) is 5.56 Å². The zero-order valence-corrected chi connectivity index (χ0v) is 14.0. The van der Waals surface area contributed by atoms with Gasteiger partial charge >= 0.3 is 0 Å². The van der Waals surface area contributed by atoms with E-state index in [1.807, 2.05) is 36.0 Å². The largest absolute Gasteiger partial charge is 0.370 e. The fourth-order valence-corrected chi connectivity index (χ4v) is 3.60. The number of rotatable bonds is 5. The summed E-state index contributed by atoms with van der Waals surface area (Å²) in [5.74, 6) is 2.46. The van der Waals surface area contributed by atoms with Gasteiger partial charge in [-0.3, -0.25) is 0 Å². The molecule has 0 radical (unpaired) electrons. The Morgan fingerprint density at radius 3 is 2.04 bits per heavy atom. The molecule has 0 aliphatic carbocycles. The van der Waals surface area contributed by atoms with Gasteiger partial charge in [-0.1, -0.05) is 24.3 Å². The van der Waals surface area contributed by atoms with Crippen molar-refractivity contribution in [3.05, 3.63) is 65.2 Å². The van der Waals surface area contributed by atoms with Crippen LogP contribution in [0.15, 0.2) is 48.5 Å². The van der Waals surface area contributed by atoms with E-state index >= 15 is 0 Å². The molecular weight excluding hydrogens is 302 g/mol. The van der Waals surface area contributed by atoms with Crippen LogP contribution in [0.4, 0.5) is 5.69 Å². The quantitative estimate of drug-likeness (QED) is 0.915. The summed E-state index contributed by atoms with van der Waals surface area (Å²) in [6.07, 6.45) is 0. The fourth-order valence-electron chi connectivity index (χ4n) is 2.69. The highest BCUT2D eigenvalue weighted by Gasteiger charge is 2.10. The van der Waals surface area contributed by atoms with Crippen molar-refractivity contribution < 1.29 is 0 Å². The summed E-state index contributed by atoms with van der Waals surface area (Å²) in [6.45, 7) is 3.98. The van der Waals surface area contributed by atoms with E-state index < -0.39 is 0 Å². The molecule has 1 aliphatic heterocycles. The first-order chi connectivity index (χ1) is 11.3. The van der Waals surface area contributed by atoms with Gasteiger partial charge in [-0.25, -0.2) is 0 Å². The SMILES string of the molecule is N#Cc1ccc(CNCc2ccc(N3CCSCC3)cc2)cc1. The summed E-state index contributed by atoms with van der Waals surface area (Å²) in [5.41, 5.74) is 4.54. The molecule has 0 atom stereocenters. The summed E-state index contributed by atoms with van der Waals surface area (Å²) in [5, 5.41) is 12.3. The number of hydrogen-bond donors (Lipinski definition) is 1. The first-order valence-corrected chi connectivity index (χ1v) is 9.12. The molecular formula is C19H21N3S. The molecule has 1 aliphatic rings. The lowest BCUT2D eigenvalue weighted by Gasteiger charge is -2.28. The van der Waals surface area contributed by atoms with Gasteiger partial charge in [-0.2, -0.15) is 17.0 Å².